The van der Waals surface area contributed by atoms with Crippen molar-refractivity contribution in [2.45, 2.75) is 25.7 Å². The molecule has 0 amide bonds. The molecule has 5 nitrogen and oxygen atoms in total. The predicted molar refractivity (Wildman–Crippen MR) is 64.8 cm³/mol. The van der Waals surface area contributed by atoms with Crippen LogP contribution in [0.2, 0.25) is 5.28 Å². The molecule has 1 aromatic heterocycles. The van der Waals surface area contributed by atoms with Gasteiger partial charge < -0.3 is 10.6 Å². The van der Waals surface area contributed by atoms with Crippen LogP contribution in [0.3, 0.4) is 0 Å². The van der Waals surface area contributed by atoms with E-state index in [9.17, 15) is 0 Å². The van der Waals surface area contributed by atoms with Crippen molar-refractivity contribution in [2.24, 2.45) is 5.92 Å². The van der Waals surface area contributed by atoms with Crippen molar-refractivity contribution in [3.63, 3.8) is 0 Å². The van der Waals surface area contributed by atoms with Gasteiger partial charge in [0.25, 0.3) is 0 Å². The van der Waals surface area contributed by atoms with Gasteiger partial charge in [-0.3, -0.25) is 0 Å². The normalized spacial score (nSPS) is 14.9. The SMILES string of the molecule is CNc1nc(Cl)nc(NCCCC2CC2)n1. The fourth-order valence-corrected chi connectivity index (χ4v) is 1.70. The van der Waals surface area contributed by atoms with Crippen molar-refractivity contribution < 1.29 is 0 Å². The molecule has 1 aliphatic rings. The Morgan fingerprint density at radius 3 is 2.69 bits per heavy atom. The van der Waals surface area contributed by atoms with Crippen molar-refractivity contribution in [2.75, 3.05) is 24.2 Å². The van der Waals surface area contributed by atoms with E-state index in [1.54, 1.807) is 7.05 Å². The topological polar surface area (TPSA) is 62.7 Å². The summed E-state index contributed by atoms with van der Waals surface area (Å²) in [5, 5.41) is 6.21. The first kappa shape index (κ1) is 11.4. The molecule has 0 bridgehead atoms. The number of halogens is 1. The first-order chi connectivity index (χ1) is 7.78. The van der Waals surface area contributed by atoms with Gasteiger partial charge in [-0.2, -0.15) is 15.0 Å². The van der Waals surface area contributed by atoms with Crippen LogP contribution in [0.4, 0.5) is 11.9 Å². The highest BCUT2D eigenvalue weighted by atomic mass is 35.5. The molecule has 1 saturated carbocycles. The predicted octanol–water partition coefficient (Wildman–Crippen LogP) is 2.17. The minimum atomic E-state index is 0.212. The van der Waals surface area contributed by atoms with Gasteiger partial charge >= 0.3 is 0 Å². The minimum Gasteiger partial charge on any atom is -0.357 e. The van der Waals surface area contributed by atoms with Crippen molar-refractivity contribution in [1.82, 2.24) is 15.0 Å². The Hall–Kier alpha value is -1.10. The number of hydrogen-bond acceptors (Lipinski definition) is 5. The quantitative estimate of drug-likeness (QED) is 0.748. The Morgan fingerprint density at radius 1 is 1.25 bits per heavy atom. The van der Waals surface area contributed by atoms with E-state index in [2.05, 4.69) is 25.6 Å². The summed E-state index contributed by atoms with van der Waals surface area (Å²) in [5.74, 6) is 2.00. The third-order valence-electron chi connectivity index (χ3n) is 2.60. The Morgan fingerprint density at radius 2 is 2.00 bits per heavy atom. The van der Waals surface area contributed by atoms with Crippen LogP contribution in [0.15, 0.2) is 0 Å². The summed E-state index contributed by atoms with van der Waals surface area (Å²) < 4.78 is 0. The molecular weight excluding hydrogens is 226 g/mol. The van der Waals surface area contributed by atoms with E-state index in [0.717, 1.165) is 18.9 Å². The maximum atomic E-state index is 5.76. The summed E-state index contributed by atoms with van der Waals surface area (Å²) in [7, 11) is 1.75. The number of nitrogens with one attached hydrogen (secondary N) is 2. The number of anilines is 2. The molecule has 6 heteroatoms. The summed E-state index contributed by atoms with van der Waals surface area (Å²) in [6.07, 6.45) is 5.26. The van der Waals surface area contributed by atoms with Crippen LogP contribution >= 0.6 is 11.6 Å². The second-order valence-electron chi connectivity index (χ2n) is 4.01. The first-order valence-corrected chi connectivity index (χ1v) is 5.99. The molecule has 0 aromatic carbocycles. The molecular formula is C10H16ClN5. The van der Waals surface area contributed by atoms with Crippen molar-refractivity contribution >= 4 is 23.5 Å². The zero-order valence-corrected chi connectivity index (χ0v) is 10.1. The van der Waals surface area contributed by atoms with E-state index in [0.29, 0.717) is 11.9 Å². The molecule has 1 fully saturated rings. The molecule has 0 unspecified atom stereocenters. The minimum absolute atomic E-state index is 0.212. The summed E-state index contributed by atoms with van der Waals surface area (Å²) in [5.41, 5.74) is 0. The highest BCUT2D eigenvalue weighted by Crippen LogP contribution is 2.33. The molecule has 16 heavy (non-hydrogen) atoms. The fraction of sp³-hybridized carbons (Fsp3) is 0.700. The van der Waals surface area contributed by atoms with Crippen molar-refractivity contribution in [3.05, 3.63) is 5.28 Å². The van der Waals surface area contributed by atoms with Gasteiger partial charge in [0, 0.05) is 13.6 Å². The Kier molecular flexibility index (Phi) is 3.77. The molecule has 2 rings (SSSR count). The van der Waals surface area contributed by atoms with E-state index in [4.69, 9.17) is 11.6 Å². The molecule has 0 saturated heterocycles. The lowest BCUT2D eigenvalue weighted by Crippen LogP contribution is -2.08. The Balaban J connectivity index is 1.80. The number of hydrogen-bond donors (Lipinski definition) is 2. The standard InChI is InChI=1S/C10H16ClN5/c1-12-9-14-8(11)15-10(16-9)13-6-2-3-7-4-5-7/h7H,2-6H2,1H3,(H2,12,13,14,15,16). The van der Waals surface area contributed by atoms with Crippen LogP contribution in [0.25, 0.3) is 0 Å². The van der Waals surface area contributed by atoms with Crippen molar-refractivity contribution in [3.8, 4) is 0 Å². The smallest absolute Gasteiger partial charge is 0.228 e. The average molecular weight is 242 g/mol. The van der Waals surface area contributed by atoms with Crippen LogP contribution in [0.5, 0.6) is 0 Å². The van der Waals surface area contributed by atoms with Gasteiger partial charge in [0.1, 0.15) is 0 Å². The lowest BCUT2D eigenvalue weighted by molar-refractivity contribution is 0.685. The molecule has 1 heterocycles. The number of aromatic nitrogens is 3. The molecule has 0 radical (unpaired) electrons. The van der Waals surface area contributed by atoms with Gasteiger partial charge in [-0.15, -0.1) is 0 Å². The van der Waals surface area contributed by atoms with Gasteiger partial charge in [0.05, 0.1) is 0 Å². The largest absolute Gasteiger partial charge is 0.357 e. The van der Waals surface area contributed by atoms with E-state index < -0.39 is 0 Å². The van der Waals surface area contributed by atoms with Crippen LogP contribution < -0.4 is 10.6 Å². The van der Waals surface area contributed by atoms with E-state index in [-0.39, 0.29) is 5.28 Å². The zero-order chi connectivity index (χ0) is 11.4. The monoisotopic (exact) mass is 241 g/mol. The van der Waals surface area contributed by atoms with Crippen LogP contribution in [0.1, 0.15) is 25.7 Å². The average Bonchev–Trinajstić information content (AvgIpc) is 3.07. The second kappa shape index (κ2) is 5.30. The van der Waals surface area contributed by atoms with Gasteiger partial charge in [-0.05, 0) is 30.4 Å². The fourth-order valence-electron chi connectivity index (χ4n) is 1.54. The maximum Gasteiger partial charge on any atom is 0.228 e. The molecule has 88 valence electrons. The van der Waals surface area contributed by atoms with Crippen molar-refractivity contribution in [1.29, 1.82) is 0 Å². The lowest BCUT2D eigenvalue weighted by atomic mass is 10.2. The molecule has 1 aliphatic carbocycles. The summed E-state index contributed by atoms with van der Waals surface area (Å²) in [6.45, 7) is 0.889. The second-order valence-corrected chi connectivity index (χ2v) is 4.35. The third kappa shape index (κ3) is 3.48. The maximum absolute atomic E-state index is 5.76. The summed E-state index contributed by atoms with van der Waals surface area (Å²) in [4.78, 5) is 12.1. The highest BCUT2D eigenvalue weighted by Gasteiger charge is 2.19. The van der Waals surface area contributed by atoms with Crippen LogP contribution in [-0.4, -0.2) is 28.5 Å². The Labute approximate surface area is 100 Å². The highest BCUT2D eigenvalue weighted by molar-refractivity contribution is 6.28. The van der Waals surface area contributed by atoms with Gasteiger partial charge in [0.15, 0.2) is 0 Å². The molecule has 0 atom stereocenters. The summed E-state index contributed by atoms with van der Waals surface area (Å²) in [6, 6.07) is 0. The van der Waals surface area contributed by atoms with E-state index in [1.165, 1.54) is 19.3 Å². The first-order valence-electron chi connectivity index (χ1n) is 5.61. The zero-order valence-electron chi connectivity index (χ0n) is 9.33. The van der Waals surface area contributed by atoms with Crippen LogP contribution in [-0.2, 0) is 0 Å². The van der Waals surface area contributed by atoms with E-state index in [1.807, 2.05) is 0 Å². The summed E-state index contributed by atoms with van der Waals surface area (Å²) >= 11 is 5.76. The number of nitrogens with zero attached hydrogens (tertiary/aromatic N) is 3. The Bertz CT molecular complexity index is 353. The van der Waals surface area contributed by atoms with Gasteiger partial charge in [-0.25, -0.2) is 0 Å². The third-order valence-corrected chi connectivity index (χ3v) is 2.77. The molecule has 1 aromatic rings. The molecule has 2 N–H and O–H groups in total. The lowest BCUT2D eigenvalue weighted by Gasteiger charge is -2.05. The van der Waals surface area contributed by atoms with Crippen LogP contribution in [0, 0.1) is 5.92 Å². The van der Waals surface area contributed by atoms with Gasteiger partial charge in [-0.1, -0.05) is 12.8 Å². The van der Waals surface area contributed by atoms with E-state index >= 15 is 0 Å². The molecule has 0 spiro atoms. The number of rotatable bonds is 6. The molecule has 0 aliphatic heterocycles. The van der Waals surface area contributed by atoms with Gasteiger partial charge in [0.2, 0.25) is 17.2 Å².